The van der Waals surface area contributed by atoms with E-state index in [1.165, 1.54) is 6.20 Å². The summed E-state index contributed by atoms with van der Waals surface area (Å²) in [5.74, 6) is 0.497. The number of carbonyl (C=O) groups is 1. The number of nitrogens with zero attached hydrogens (tertiary/aromatic N) is 1. The van der Waals surface area contributed by atoms with Crippen LogP contribution in [0.25, 0.3) is 0 Å². The molecule has 0 saturated heterocycles. The third-order valence-electron chi connectivity index (χ3n) is 2.56. The lowest BCUT2D eigenvalue weighted by Gasteiger charge is -2.09. The predicted octanol–water partition coefficient (Wildman–Crippen LogP) is 1.86. The van der Waals surface area contributed by atoms with Gasteiger partial charge in [-0.25, -0.2) is 4.98 Å². The molecule has 0 atom stereocenters. The normalized spacial score (nSPS) is 10.1. The second-order valence-corrected chi connectivity index (χ2v) is 3.82. The van der Waals surface area contributed by atoms with E-state index in [2.05, 4.69) is 4.98 Å². The van der Waals surface area contributed by atoms with Crippen molar-refractivity contribution in [1.82, 2.24) is 4.98 Å². The van der Waals surface area contributed by atoms with Crippen molar-refractivity contribution in [3.8, 4) is 11.6 Å². The summed E-state index contributed by atoms with van der Waals surface area (Å²) in [5, 5.41) is 0. The second kappa shape index (κ2) is 4.75. The topological polar surface area (TPSA) is 91.2 Å². The lowest BCUT2D eigenvalue weighted by atomic mass is 10.2. The largest absolute Gasteiger partial charge is 0.439 e. The molecule has 0 unspecified atom stereocenters. The highest BCUT2D eigenvalue weighted by atomic mass is 16.5. The highest BCUT2D eigenvalue weighted by Crippen LogP contribution is 2.27. The van der Waals surface area contributed by atoms with E-state index in [-0.39, 0.29) is 0 Å². The van der Waals surface area contributed by atoms with Crippen molar-refractivity contribution in [3.05, 3.63) is 47.7 Å². The molecule has 0 spiro atoms. The number of pyridine rings is 1. The van der Waals surface area contributed by atoms with Gasteiger partial charge in [-0.2, -0.15) is 0 Å². The average Bonchev–Trinajstić information content (AvgIpc) is 2.36. The third kappa shape index (κ3) is 2.40. The predicted molar refractivity (Wildman–Crippen MR) is 68.4 cm³/mol. The van der Waals surface area contributed by atoms with E-state index >= 15 is 0 Å². The summed E-state index contributed by atoms with van der Waals surface area (Å²) >= 11 is 0. The molecule has 2 aromatic rings. The zero-order valence-corrected chi connectivity index (χ0v) is 9.88. The summed E-state index contributed by atoms with van der Waals surface area (Å²) in [7, 11) is 0. The van der Waals surface area contributed by atoms with E-state index in [1.807, 2.05) is 6.92 Å². The molecule has 1 aromatic heterocycles. The Bertz CT molecular complexity index is 579. The minimum atomic E-state index is -0.519. The van der Waals surface area contributed by atoms with Crippen LogP contribution in [0.5, 0.6) is 11.6 Å². The van der Waals surface area contributed by atoms with Crippen molar-refractivity contribution in [1.29, 1.82) is 0 Å². The van der Waals surface area contributed by atoms with Crippen molar-refractivity contribution < 1.29 is 9.53 Å². The van der Waals surface area contributed by atoms with Crippen LogP contribution in [0, 0.1) is 6.92 Å². The van der Waals surface area contributed by atoms with Crippen molar-refractivity contribution in [3.63, 3.8) is 0 Å². The third-order valence-corrected chi connectivity index (χ3v) is 2.56. The first-order valence-corrected chi connectivity index (χ1v) is 5.36. The van der Waals surface area contributed by atoms with Gasteiger partial charge >= 0.3 is 0 Å². The fraction of sp³-hybridized carbons (Fsp3) is 0.0769. The van der Waals surface area contributed by atoms with Gasteiger partial charge in [0.1, 0.15) is 5.75 Å². The minimum Gasteiger partial charge on any atom is -0.439 e. The van der Waals surface area contributed by atoms with Crippen LogP contribution in [0.2, 0.25) is 0 Å². The number of hydrogen-bond acceptors (Lipinski definition) is 4. The first-order chi connectivity index (χ1) is 8.58. The van der Waals surface area contributed by atoms with Crippen LogP contribution in [0.15, 0.2) is 36.5 Å². The zero-order valence-electron chi connectivity index (χ0n) is 9.88. The smallest absolute Gasteiger partial charge is 0.250 e. The summed E-state index contributed by atoms with van der Waals surface area (Å²) in [6.45, 7) is 1.86. The Hall–Kier alpha value is -2.56. The number of primary amides is 1. The Morgan fingerprint density at radius 3 is 2.67 bits per heavy atom. The van der Waals surface area contributed by atoms with E-state index in [0.717, 1.165) is 5.56 Å². The average molecular weight is 243 g/mol. The number of ether oxygens (including phenoxy) is 1. The van der Waals surface area contributed by atoms with Crippen molar-refractivity contribution in [2.45, 2.75) is 6.92 Å². The van der Waals surface area contributed by atoms with Gasteiger partial charge in [-0.05, 0) is 25.1 Å². The van der Waals surface area contributed by atoms with Crippen molar-refractivity contribution in [2.75, 3.05) is 5.73 Å². The van der Waals surface area contributed by atoms with Crippen molar-refractivity contribution in [2.24, 2.45) is 5.73 Å². The maximum Gasteiger partial charge on any atom is 0.250 e. The van der Waals surface area contributed by atoms with Gasteiger partial charge in [0.25, 0.3) is 0 Å². The molecule has 4 N–H and O–H groups in total. The van der Waals surface area contributed by atoms with Gasteiger partial charge in [-0.1, -0.05) is 6.07 Å². The second-order valence-electron chi connectivity index (χ2n) is 3.82. The van der Waals surface area contributed by atoms with Gasteiger partial charge in [0.2, 0.25) is 11.8 Å². The monoisotopic (exact) mass is 243 g/mol. The molecule has 0 saturated carbocycles. The molecule has 0 aliphatic carbocycles. The Labute approximate surface area is 104 Å². The van der Waals surface area contributed by atoms with Gasteiger partial charge in [-0.3, -0.25) is 4.79 Å². The molecular formula is C13H13N3O2. The summed E-state index contributed by atoms with van der Waals surface area (Å²) in [6, 6.07) is 8.55. The van der Waals surface area contributed by atoms with E-state index in [4.69, 9.17) is 16.2 Å². The van der Waals surface area contributed by atoms with Crippen LogP contribution < -0.4 is 16.2 Å². The molecule has 1 aromatic carbocycles. The number of rotatable bonds is 3. The molecule has 92 valence electrons. The number of hydrogen-bond donors (Lipinski definition) is 2. The number of amides is 1. The molecule has 2 rings (SSSR count). The number of benzene rings is 1. The summed E-state index contributed by atoms with van der Waals surface area (Å²) in [6.07, 6.45) is 1.37. The highest BCUT2D eigenvalue weighted by molar-refractivity contribution is 5.92. The SMILES string of the molecule is Cc1c(N)cccc1Oc1ccc(C(N)=O)cn1. The van der Waals surface area contributed by atoms with Gasteiger partial charge in [0.05, 0.1) is 5.56 Å². The number of nitrogens with two attached hydrogens (primary N) is 2. The maximum atomic E-state index is 10.9. The lowest BCUT2D eigenvalue weighted by Crippen LogP contribution is -2.10. The lowest BCUT2D eigenvalue weighted by molar-refractivity contribution is 0.1000. The van der Waals surface area contributed by atoms with Gasteiger partial charge < -0.3 is 16.2 Å². The van der Waals surface area contributed by atoms with Gasteiger partial charge in [-0.15, -0.1) is 0 Å². The fourth-order valence-electron chi connectivity index (χ4n) is 1.44. The van der Waals surface area contributed by atoms with Gasteiger partial charge in [0, 0.05) is 23.5 Å². The van der Waals surface area contributed by atoms with Crippen LogP contribution in [-0.2, 0) is 0 Å². The summed E-state index contributed by atoms with van der Waals surface area (Å²) in [4.78, 5) is 14.9. The Morgan fingerprint density at radius 1 is 1.28 bits per heavy atom. The molecule has 1 heterocycles. The van der Waals surface area contributed by atoms with E-state index in [9.17, 15) is 4.79 Å². The number of carbonyl (C=O) groups excluding carboxylic acids is 1. The molecule has 0 aliphatic rings. The van der Waals surface area contributed by atoms with Crippen molar-refractivity contribution >= 4 is 11.6 Å². The molecule has 0 fully saturated rings. The summed E-state index contributed by atoms with van der Waals surface area (Å²) < 4.78 is 5.58. The van der Waals surface area contributed by atoms with E-state index in [1.54, 1.807) is 30.3 Å². The zero-order chi connectivity index (χ0) is 13.1. The van der Waals surface area contributed by atoms with Crippen LogP contribution >= 0.6 is 0 Å². The Kier molecular flexibility index (Phi) is 3.14. The molecule has 18 heavy (non-hydrogen) atoms. The van der Waals surface area contributed by atoms with Gasteiger partial charge in [0.15, 0.2) is 0 Å². The minimum absolute atomic E-state index is 0.339. The summed E-state index contributed by atoms with van der Waals surface area (Å²) in [5.41, 5.74) is 12.7. The Morgan fingerprint density at radius 2 is 2.06 bits per heavy atom. The van der Waals surface area contributed by atoms with Crippen LogP contribution in [0.4, 0.5) is 5.69 Å². The molecule has 5 nitrogen and oxygen atoms in total. The molecule has 0 bridgehead atoms. The van der Waals surface area contributed by atoms with E-state index < -0.39 is 5.91 Å². The first-order valence-electron chi connectivity index (χ1n) is 5.36. The van der Waals surface area contributed by atoms with Crippen LogP contribution in [-0.4, -0.2) is 10.9 Å². The van der Waals surface area contributed by atoms with E-state index in [0.29, 0.717) is 22.9 Å². The fourth-order valence-corrected chi connectivity index (χ4v) is 1.44. The van der Waals surface area contributed by atoms with Crippen LogP contribution in [0.3, 0.4) is 0 Å². The molecule has 1 amide bonds. The van der Waals surface area contributed by atoms with Crippen LogP contribution in [0.1, 0.15) is 15.9 Å². The molecule has 0 aliphatic heterocycles. The maximum absolute atomic E-state index is 10.9. The highest BCUT2D eigenvalue weighted by Gasteiger charge is 2.06. The number of anilines is 1. The Balaban J connectivity index is 2.24. The standard InChI is InChI=1S/C13H13N3O2/c1-8-10(14)3-2-4-11(8)18-12-6-5-9(7-16-12)13(15)17/h2-7H,14H2,1H3,(H2,15,17). The first kappa shape index (κ1) is 11.9. The quantitative estimate of drug-likeness (QED) is 0.805. The molecule has 0 radical (unpaired) electrons. The molecule has 5 heteroatoms. The number of aromatic nitrogens is 1. The number of nitrogen functional groups attached to an aromatic ring is 1. The molecular weight excluding hydrogens is 230 g/mol.